The number of carbonyl (C=O) groups excluding carboxylic acids is 1. The largest absolute Gasteiger partial charge is 0.444 e. The lowest BCUT2D eigenvalue weighted by Gasteiger charge is -2.59. The van der Waals surface area contributed by atoms with Gasteiger partial charge in [0.2, 0.25) is 0 Å². The summed E-state index contributed by atoms with van der Waals surface area (Å²) in [7, 11) is 0. The molecule has 4 nitrogen and oxygen atoms in total. The molecule has 1 aromatic carbocycles. The third kappa shape index (κ3) is 3.61. The molecular formula is C18H26N2O2. The van der Waals surface area contributed by atoms with Gasteiger partial charge in [-0.2, -0.15) is 0 Å². The van der Waals surface area contributed by atoms with E-state index in [-0.39, 0.29) is 12.1 Å². The number of benzene rings is 1. The Morgan fingerprint density at radius 3 is 2.50 bits per heavy atom. The Balaban J connectivity index is 1.37. The van der Waals surface area contributed by atoms with E-state index < -0.39 is 5.60 Å². The zero-order valence-corrected chi connectivity index (χ0v) is 13.8. The second-order valence-corrected chi connectivity index (χ2v) is 7.88. The maximum absolute atomic E-state index is 11.7. The van der Waals surface area contributed by atoms with Gasteiger partial charge in [-0.3, -0.25) is 4.90 Å². The van der Waals surface area contributed by atoms with Crippen molar-refractivity contribution in [2.75, 3.05) is 13.1 Å². The molecule has 0 bridgehead atoms. The van der Waals surface area contributed by atoms with Crippen LogP contribution in [0.1, 0.15) is 39.2 Å². The second-order valence-electron chi connectivity index (χ2n) is 7.88. The number of likely N-dealkylation sites (tertiary alicyclic amines) is 1. The lowest BCUT2D eigenvalue weighted by atomic mass is 9.60. The zero-order valence-electron chi connectivity index (χ0n) is 13.8. The van der Waals surface area contributed by atoms with Crippen molar-refractivity contribution in [3.63, 3.8) is 0 Å². The van der Waals surface area contributed by atoms with Gasteiger partial charge in [0.05, 0.1) is 0 Å². The molecule has 1 spiro atoms. The summed E-state index contributed by atoms with van der Waals surface area (Å²) >= 11 is 0. The first kappa shape index (κ1) is 15.3. The van der Waals surface area contributed by atoms with Gasteiger partial charge in [0.15, 0.2) is 0 Å². The van der Waals surface area contributed by atoms with E-state index in [9.17, 15) is 4.79 Å². The van der Waals surface area contributed by atoms with Crippen LogP contribution in [0.3, 0.4) is 0 Å². The molecule has 1 aliphatic heterocycles. The number of hydrogen-bond acceptors (Lipinski definition) is 3. The molecule has 2 aliphatic rings. The Hall–Kier alpha value is -1.55. The van der Waals surface area contributed by atoms with Gasteiger partial charge >= 0.3 is 6.09 Å². The van der Waals surface area contributed by atoms with Crippen LogP contribution in [-0.4, -0.2) is 35.7 Å². The highest BCUT2D eigenvalue weighted by atomic mass is 16.6. The Bertz CT molecular complexity index is 522. The predicted molar refractivity (Wildman–Crippen MR) is 86.5 cm³/mol. The van der Waals surface area contributed by atoms with E-state index in [0.717, 1.165) is 32.5 Å². The standard InChI is InChI=1S/C18H26N2O2/c1-17(2,3)22-16(21)19-15-9-18(10-15)12-20(13-18)11-14-7-5-4-6-8-14/h4-8,15H,9-13H2,1-3H3,(H,19,21). The summed E-state index contributed by atoms with van der Waals surface area (Å²) in [5.74, 6) is 0. The van der Waals surface area contributed by atoms with Crippen molar-refractivity contribution in [1.82, 2.24) is 10.2 Å². The highest BCUT2D eigenvalue weighted by Gasteiger charge is 2.52. The molecule has 3 rings (SSSR count). The number of rotatable bonds is 3. The van der Waals surface area contributed by atoms with Crippen LogP contribution < -0.4 is 5.32 Å². The van der Waals surface area contributed by atoms with Crippen LogP contribution in [0.5, 0.6) is 0 Å². The summed E-state index contributed by atoms with van der Waals surface area (Å²) in [5.41, 5.74) is 1.39. The Kier molecular flexibility index (Phi) is 3.89. The number of alkyl carbamates (subject to hydrolysis) is 1. The predicted octanol–water partition coefficient (Wildman–Crippen LogP) is 3.18. The SMILES string of the molecule is CC(C)(C)OC(=O)NC1CC2(C1)CN(Cc1ccccc1)C2. The van der Waals surface area contributed by atoms with Gasteiger partial charge in [-0.15, -0.1) is 0 Å². The summed E-state index contributed by atoms with van der Waals surface area (Å²) < 4.78 is 5.30. The number of hydrogen-bond donors (Lipinski definition) is 1. The van der Waals surface area contributed by atoms with Crippen LogP contribution in [0.15, 0.2) is 30.3 Å². The minimum Gasteiger partial charge on any atom is -0.444 e. The van der Waals surface area contributed by atoms with Gasteiger partial charge in [-0.25, -0.2) is 4.79 Å². The molecule has 2 fully saturated rings. The molecule has 1 saturated heterocycles. The van der Waals surface area contributed by atoms with Crippen LogP contribution in [0.4, 0.5) is 4.79 Å². The lowest BCUT2D eigenvalue weighted by molar-refractivity contribution is -0.0830. The molecule has 1 amide bonds. The number of nitrogens with zero attached hydrogens (tertiary/aromatic N) is 1. The Morgan fingerprint density at radius 1 is 1.27 bits per heavy atom. The fourth-order valence-electron chi connectivity index (χ4n) is 3.68. The summed E-state index contributed by atoms with van der Waals surface area (Å²) in [6, 6.07) is 10.9. The maximum atomic E-state index is 11.7. The van der Waals surface area contributed by atoms with Gasteiger partial charge < -0.3 is 10.1 Å². The van der Waals surface area contributed by atoms with Crippen molar-refractivity contribution < 1.29 is 9.53 Å². The van der Waals surface area contributed by atoms with Crippen LogP contribution >= 0.6 is 0 Å². The third-order valence-electron chi connectivity index (χ3n) is 4.45. The molecule has 0 radical (unpaired) electrons. The van der Waals surface area contributed by atoms with E-state index in [4.69, 9.17) is 4.74 Å². The minimum absolute atomic E-state index is 0.284. The van der Waals surface area contributed by atoms with Crippen molar-refractivity contribution in [3.05, 3.63) is 35.9 Å². The average molecular weight is 302 g/mol. The number of nitrogens with one attached hydrogen (secondary N) is 1. The van der Waals surface area contributed by atoms with E-state index in [1.165, 1.54) is 5.56 Å². The fourth-order valence-corrected chi connectivity index (χ4v) is 3.68. The summed E-state index contributed by atoms with van der Waals surface area (Å²) in [4.78, 5) is 14.2. The topological polar surface area (TPSA) is 41.6 Å². The van der Waals surface area contributed by atoms with Crippen LogP contribution in [0.25, 0.3) is 0 Å². The molecule has 1 heterocycles. The molecule has 1 aromatic rings. The van der Waals surface area contributed by atoms with Gasteiger partial charge in [0.25, 0.3) is 0 Å². The van der Waals surface area contributed by atoms with Crippen molar-refractivity contribution in [2.24, 2.45) is 5.41 Å². The third-order valence-corrected chi connectivity index (χ3v) is 4.45. The van der Waals surface area contributed by atoms with E-state index >= 15 is 0 Å². The molecule has 22 heavy (non-hydrogen) atoms. The molecule has 0 atom stereocenters. The van der Waals surface area contributed by atoms with Gasteiger partial charge in [0.1, 0.15) is 5.60 Å². The minimum atomic E-state index is -0.422. The molecule has 120 valence electrons. The molecule has 1 aliphatic carbocycles. The first-order valence-electron chi connectivity index (χ1n) is 8.09. The second kappa shape index (κ2) is 5.58. The molecule has 4 heteroatoms. The summed E-state index contributed by atoms with van der Waals surface area (Å²) in [6.07, 6.45) is 1.88. The van der Waals surface area contributed by atoms with E-state index in [2.05, 4.69) is 40.5 Å². The monoisotopic (exact) mass is 302 g/mol. The van der Waals surface area contributed by atoms with Gasteiger partial charge in [0, 0.05) is 25.7 Å². The van der Waals surface area contributed by atoms with Crippen molar-refractivity contribution in [1.29, 1.82) is 0 Å². The van der Waals surface area contributed by atoms with E-state index in [0.29, 0.717) is 5.41 Å². The molecule has 1 saturated carbocycles. The molecule has 1 N–H and O–H groups in total. The van der Waals surface area contributed by atoms with Crippen LogP contribution in [-0.2, 0) is 11.3 Å². The maximum Gasteiger partial charge on any atom is 0.407 e. The van der Waals surface area contributed by atoms with Crippen molar-refractivity contribution in [3.8, 4) is 0 Å². The number of carbonyl (C=O) groups is 1. The quantitative estimate of drug-likeness (QED) is 0.932. The zero-order chi connectivity index (χ0) is 15.8. The summed E-state index contributed by atoms with van der Waals surface area (Å²) in [6.45, 7) is 9.00. The molecule has 0 unspecified atom stereocenters. The van der Waals surface area contributed by atoms with Crippen molar-refractivity contribution >= 4 is 6.09 Å². The van der Waals surface area contributed by atoms with Crippen LogP contribution in [0.2, 0.25) is 0 Å². The lowest BCUT2D eigenvalue weighted by Crippen LogP contribution is -2.66. The highest BCUT2D eigenvalue weighted by Crippen LogP contribution is 2.48. The molecular weight excluding hydrogens is 276 g/mol. The number of ether oxygens (including phenoxy) is 1. The first-order chi connectivity index (χ1) is 10.3. The molecule has 0 aromatic heterocycles. The fraction of sp³-hybridized carbons (Fsp3) is 0.611. The Morgan fingerprint density at radius 2 is 1.91 bits per heavy atom. The van der Waals surface area contributed by atoms with E-state index in [1.807, 2.05) is 20.8 Å². The van der Waals surface area contributed by atoms with Gasteiger partial charge in [-0.1, -0.05) is 30.3 Å². The normalized spacial score (nSPS) is 21.0. The van der Waals surface area contributed by atoms with Crippen LogP contribution in [0, 0.1) is 5.41 Å². The van der Waals surface area contributed by atoms with Gasteiger partial charge in [-0.05, 0) is 44.6 Å². The first-order valence-corrected chi connectivity index (χ1v) is 8.09. The smallest absolute Gasteiger partial charge is 0.407 e. The van der Waals surface area contributed by atoms with E-state index in [1.54, 1.807) is 0 Å². The highest BCUT2D eigenvalue weighted by molar-refractivity contribution is 5.68. The summed E-state index contributed by atoms with van der Waals surface area (Å²) in [5, 5.41) is 2.98. The van der Waals surface area contributed by atoms with Crippen molar-refractivity contribution in [2.45, 2.75) is 51.8 Å². The Labute approximate surface area is 132 Å². The average Bonchev–Trinajstić information content (AvgIpc) is 2.32. The number of amides is 1.